The van der Waals surface area contributed by atoms with Crippen LogP contribution in [0.25, 0.3) is 6.08 Å². The number of methoxy groups -OCH3 is 1. The van der Waals surface area contributed by atoms with Gasteiger partial charge in [-0.1, -0.05) is 33.3 Å². The predicted molar refractivity (Wildman–Crippen MR) is 143 cm³/mol. The number of carbonyl (C=O) groups is 1. The van der Waals surface area contributed by atoms with E-state index in [4.69, 9.17) is 18.9 Å². The van der Waals surface area contributed by atoms with Crippen LogP contribution in [0, 0.1) is 0 Å². The van der Waals surface area contributed by atoms with Gasteiger partial charge in [0, 0.05) is 10.0 Å². The average Bonchev–Trinajstić information content (AvgIpc) is 3.16. The van der Waals surface area contributed by atoms with E-state index < -0.39 is 12.0 Å². The molecule has 0 saturated carbocycles. The zero-order valence-electron chi connectivity index (χ0n) is 20.7. The molecule has 0 N–H and O–H groups in total. The lowest BCUT2D eigenvalue weighted by molar-refractivity contribution is -0.143. The SMILES string of the molecule is COc1ccc(Br)cc1[C@H]1C(C(=O)OC(C)C)=C(C)N=c2s/c(=C\c3ccc4c(c3)OCCO4)c(=O)n21. The van der Waals surface area contributed by atoms with Crippen molar-refractivity contribution in [3.05, 3.63) is 83.0 Å². The van der Waals surface area contributed by atoms with Crippen LogP contribution in [-0.4, -0.2) is 37.0 Å². The summed E-state index contributed by atoms with van der Waals surface area (Å²) < 4.78 is 25.3. The summed E-state index contributed by atoms with van der Waals surface area (Å²) in [6.07, 6.45) is 1.46. The van der Waals surface area contributed by atoms with Crippen molar-refractivity contribution in [1.82, 2.24) is 4.57 Å². The molecule has 0 bridgehead atoms. The van der Waals surface area contributed by atoms with E-state index in [1.165, 1.54) is 11.3 Å². The second kappa shape index (κ2) is 10.2. The summed E-state index contributed by atoms with van der Waals surface area (Å²) in [6.45, 7) is 6.30. The number of carbonyl (C=O) groups excluding carboxylic acids is 1. The van der Waals surface area contributed by atoms with E-state index in [1.54, 1.807) is 44.6 Å². The number of halogens is 1. The van der Waals surface area contributed by atoms with Gasteiger partial charge in [0.1, 0.15) is 25.0 Å². The first-order valence-corrected chi connectivity index (χ1v) is 13.3. The van der Waals surface area contributed by atoms with Gasteiger partial charge in [-0.05, 0) is 62.7 Å². The first-order chi connectivity index (χ1) is 17.8. The normalized spacial score (nSPS) is 16.9. The second-order valence-electron chi connectivity index (χ2n) is 8.83. The Morgan fingerprint density at radius 2 is 1.95 bits per heavy atom. The average molecular weight is 585 g/mol. The molecule has 2 aromatic carbocycles. The Morgan fingerprint density at radius 1 is 1.19 bits per heavy atom. The summed E-state index contributed by atoms with van der Waals surface area (Å²) in [5.74, 6) is 1.33. The Hall–Kier alpha value is -3.37. The molecule has 5 rings (SSSR count). The van der Waals surface area contributed by atoms with E-state index >= 15 is 0 Å². The Kier molecular flexibility index (Phi) is 6.96. The van der Waals surface area contributed by atoms with Gasteiger partial charge in [-0.25, -0.2) is 9.79 Å². The van der Waals surface area contributed by atoms with E-state index in [9.17, 15) is 9.59 Å². The molecule has 8 nitrogen and oxygen atoms in total. The van der Waals surface area contributed by atoms with Crippen LogP contribution in [0.5, 0.6) is 17.2 Å². The van der Waals surface area contributed by atoms with E-state index in [1.807, 2.05) is 30.3 Å². The minimum Gasteiger partial charge on any atom is -0.496 e. The van der Waals surface area contributed by atoms with Crippen molar-refractivity contribution in [3.8, 4) is 17.2 Å². The van der Waals surface area contributed by atoms with Gasteiger partial charge in [0.2, 0.25) is 0 Å². The molecule has 0 fully saturated rings. The fourth-order valence-corrected chi connectivity index (χ4v) is 5.80. The van der Waals surface area contributed by atoms with Gasteiger partial charge >= 0.3 is 5.97 Å². The topological polar surface area (TPSA) is 88.4 Å². The maximum Gasteiger partial charge on any atom is 0.338 e. The Balaban J connectivity index is 1.72. The van der Waals surface area contributed by atoms with E-state index in [0.717, 1.165) is 10.0 Å². The van der Waals surface area contributed by atoms with Gasteiger partial charge in [0.25, 0.3) is 5.56 Å². The molecule has 3 aromatic rings. The number of nitrogens with zero attached hydrogens (tertiary/aromatic N) is 2. The molecular formula is C27H25BrN2O6S. The van der Waals surface area contributed by atoms with Crippen LogP contribution in [0.3, 0.4) is 0 Å². The lowest BCUT2D eigenvalue weighted by Gasteiger charge is -2.26. The lowest BCUT2D eigenvalue weighted by Crippen LogP contribution is -2.40. The highest BCUT2D eigenvalue weighted by atomic mass is 79.9. The third-order valence-corrected chi connectivity index (χ3v) is 7.41. The molecule has 192 valence electrons. The molecule has 0 spiro atoms. The lowest BCUT2D eigenvalue weighted by atomic mass is 9.95. The minimum absolute atomic E-state index is 0.270. The van der Waals surface area contributed by atoms with E-state index in [2.05, 4.69) is 20.9 Å². The molecule has 0 saturated heterocycles. The van der Waals surface area contributed by atoms with Crippen LogP contribution in [-0.2, 0) is 9.53 Å². The zero-order valence-corrected chi connectivity index (χ0v) is 23.1. The summed E-state index contributed by atoms with van der Waals surface area (Å²) in [5.41, 5.74) is 1.95. The van der Waals surface area contributed by atoms with Crippen molar-refractivity contribution >= 4 is 39.3 Å². The highest BCUT2D eigenvalue weighted by molar-refractivity contribution is 9.10. The number of ether oxygens (including phenoxy) is 4. The van der Waals surface area contributed by atoms with Crippen molar-refractivity contribution in [2.45, 2.75) is 32.9 Å². The molecule has 3 heterocycles. The van der Waals surface area contributed by atoms with Gasteiger partial charge < -0.3 is 18.9 Å². The molecule has 1 aromatic heterocycles. The largest absolute Gasteiger partial charge is 0.496 e. The second-order valence-corrected chi connectivity index (χ2v) is 10.8. The fraction of sp³-hybridized carbons (Fsp3) is 0.296. The van der Waals surface area contributed by atoms with E-state index in [-0.39, 0.29) is 11.7 Å². The molecule has 10 heteroatoms. The first-order valence-electron chi connectivity index (χ1n) is 11.7. The minimum atomic E-state index is -0.780. The smallest absolute Gasteiger partial charge is 0.338 e. The van der Waals surface area contributed by atoms with E-state index in [0.29, 0.717) is 56.6 Å². The molecular weight excluding hydrogens is 560 g/mol. The predicted octanol–water partition coefficient (Wildman–Crippen LogP) is 3.73. The van der Waals surface area contributed by atoms with Gasteiger partial charge in [0.05, 0.1) is 29.0 Å². The van der Waals surface area contributed by atoms with Crippen molar-refractivity contribution < 1.29 is 23.7 Å². The maximum atomic E-state index is 13.9. The number of rotatable bonds is 5. The van der Waals surface area contributed by atoms with Crippen LogP contribution in [0.4, 0.5) is 0 Å². The summed E-state index contributed by atoms with van der Waals surface area (Å²) in [4.78, 5) is 32.3. The van der Waals surface area contributed by atoms with Gasteiger partial charge in [0.15, 0.2) is 16.3 Å². The van der Waals surface area contributed by atoms with Crippen LogP contribution in [0.2, 0.25) is 0 Å². The maximum absolute atomic E-state index is 13.9. The number of benzene rings is 2. The molecule has 2 aliphatic rings. The van der Waals surface area contributed by atoms with Crippen LogP contribution >= 0.6 is 27.3 Å². The first kappa shape index (κ1) is 25.3. The van der Waals surface area contributed by atoms with Crippen LogP contribution < -0.4 is 29.1 Å². The van der Waals surface area contributed by atoms with Crippen molar-refractivity contribution in [2.24, 2.45) is 4.99 Å². The summed E-state index contributed by atoms with van der Waals surface area (Å²) >= 11 is 4.78. The molecule has 0 aliphatic carbocycles. The standard InChI is InChI=1S/C27H25BrN2O6S/c1-14(2)36-26(32)23-15(3)29-27-30(24(23)18-13-17(28)6-8-19(18)33-4)25(31)22(37-27)12-16-5-7-20-21(11-16)35-10-9-34-20/h5-8,11-14,24H,9-10H2,1-4H3/b22-12-/t24-/m0/s1. The highest BCUT2D eigenvalue weighted by Gasteiger charge is 2.35. The quantitative estimate of drug-likeness (QED) is 0.425. The number of hydrogen-bond donors (Lipinski definition) is 0. The van der Waals surface area contributed by atoms with Gasteiger partial charge in [-0.3, -0.25) is 9.36 Å². The number of allylic oxidation sites excluding steroid dienone is 1. The Labute approximate surface area is 225 Å². The monoisotopic (exact) mass is 584 g/mol. The molecule has 1 atom stereocenters. The third-order valence-electron chi connectivity index (χ3n) is 5.93. The Morgan fingerprint density at radius 3 is 2.68 bits per heavy atom. The molecule has 2 aliphatic heterocycles. The van der Waals surface area contributed by atoms with Crippen molar-refractivity contribution in [3.63, 3.8) is 0 Å². The van der Waals surface area contributed by atoms with Gasteiger partial charge in [-0.15, -0.1) is 0 Å². The number of aromatic nitrogens is 1. The zero-order chi connectivity index (χ0) is 26.3. The molecule has 0 radical (unpaired) electrons. The number of fused-ring (bicyclic) bond motifs is 2. The molecule has 37 heavy (non-hydrogen) atoms. The van der Waals surface area contributed by atoms with Crippen molar-refractivity contribution in [1.29, 1.82) is 0 Å². The van der Waals surface area contributed by atoms with Gasteiger partial charge in [-0.2, -0.15) is 0 Å². The van der Waals surface area contributed by atoms with Crippen LogP contribution in [0.15, 0.2) is 61.9 Å². The van der Waals surface area contributed by atoms with Crippen LogP contribution in [0.1, 0.15) is 37.9 Å². The Bertz CT molecular complexity index is 1600. The van der Waals surface area contributed by atoms with Crippen molar-refractivity contribution in [2.75, 3.05) is 20.3 Å². The third kappa shape index (κ3) is 4.83. The highest BCUT2D eigenvalue weighted by Crippen LogP contribution is 2.37. The fourth-order valence-electron chi connectivity index (χ4n) is 4.37. The molecule has 0 unspecified atom stereocenters. The number of esters is 1. The summed E-state index contributed by atoms with van der Waals surface area (Å²) in [6, 6.07) is 10.3. The number of thiazole rings is 1. The number of hydrogen-bond acceptors (Lipinski definition) is 8. The summed E-state index contributed by atoms with van der Waals surface area (Å²) in [7, 11) is 1.56. The summed E-state index contributed by atoms with van der Waals surface area (Å²) in [5, 5.41) is 0. The molecule has 0 amide bonds.